The molecule has 1 aliphatic heterocycles. The fourth-order valence-electron chi connectivity index (χ4n) is 3.27. The molecule has 0 saturated carbocycles. The minimum absolute atomic E-state index is 0.126. The Morgan fingerprint density at radius 3 is 2.96 bits per heavy atom. The number of carbonyl (C=O) groups excluding carboxylic acids is 1. The van der Waals surface area contributed by atoms with Crippen LogP contribution < -0.4 is 21.3 Å². The second-order valence-electron chi connectivity index (χ2n) is 6.73. The molecule has 0 bridgehead atoms. The summed E-state index contributed by atoms with van der Waals surface area (Å²) in [5.41, 5.74) is 6.10. The fourth-order valence-corrected chi connectivity index (χ4v) is 3.27. The third kappa shape index (κ3) is 5.25. The van der Waals surface area contributed by atoms with Gasteiger partial charge in [0, 0.05) is 31.4 Å². The molecular weight excluding hydrogens is 361 g/mol. The molecule has 1 fully saturated rings. The molecule has 1 unspecified atom stereocenters. The molecule has 3 rings (SSSR count). The molecule has 150 valence electrons. The predicted octanol–water partition coefficient (Wildman–Crippen LogP) is 2.24. The van der Waals surface area contributed by atoms with Gasteiger partial charge in [-0.3, -0.25) is 4.79 Å². The Labute approximate surface area is 163 Å². The Balaban J connectivity index is 1.63. The number of halogens is 1. The summed E-state index contributed by atoms with van der Waals surface area (Å²) in [6.45, 7) is 4.67. The summed E-state index contributed by atoms with van der Waals surface area (Å²) in [6.07, 6.45) is 2.01. The third-order valence-corrected chi connectivity index (χ3v) is 4.58. The third-order valence-electron chi connectivity index (χ3n) is 4.58. The van der Waals surface area contributed by atoms with Crippen molar-refractivity contribution in [2.45, 2.75) is 32.4 Å². The number of guanidine groups is 1. The highest BCUT2D eigenvalue weighted by molar-refractivity contribution is 5.89. The maximum atomic E-state index is 13.5. The molecule has 28 heavy (non-hydrogen) atoms. The van der Waals surface area contributed by atoms with Crippen LogP contribution in [-0.4, -0.2) is 37.5 Å². The van der Waals surface area contributed by atoms with E-state index in [9.17, 15) is 9.18 Å². The highest BCUT2D eigenvalue weighted by Gasteiger charge is 2.21. The maximum Gasteiger partial charge on any atom is 0.284 e. The van der Waals surface area contributed by atoms with Gasteiger partial charge in [-0.15, -0.1) is 0 Å². The van der Waals surface area contributed by atoms with Crippen molar-refractivity contribution in [1.29, 1.82) is 0 Å². The lowest BCUT2D eigenvalue weighted by molar-refractivity contribution is 0.0972. The van der Waals surface area contributed by atoms with E-state index in [1.54, 1.807) is 24.3 Å². The normalized spacial score (nSPS) is 17.4. The average Bonchev–Trinajstić information content (AvgIpc) is 3.16. The number of nitrogens with one attached hydrogen (secondary N) is 2. The number of amides is 1. The Morgan fingerprint density at radius 2 is 2.25 bits per heavy atom. The Morgan fingerprint density at radius 1 is 1.39 bits per heavy atom. The number of nitrogens with two attached hydrogens (primary N) is 1. The number of hydrogen-bond acceptors (Lipinski definition) is 4. The van der Waals surface area contributed by atoms with Gasteiger partial charge in [0.2, 0.25) is 0 Å². The summed E-state index contributed by atoms with van der Waals surface area (Å²) in [5, 5.41) is 6.66. The van der Waals surface area contributed by atoms with Crippen molar-refractivity contribution in [2.75, 3.05) is 24.5 Å². The van der Waals surface area contributed by atoms with Crippen LogP contribution in [0.4, 0.5) is 10.1 Å². The molecule has 2 heterocycles. The number of carbonyl (C=O) groups is 1. The van der Waals surface area contributed by atoms with Crippen molar-refractivity contribution in [3.8, 4) is 0 Å². The molecule has 0 spiro atoms. The second-order valence-corrected chi connectivity index (χ2v) is 6.73. The van der Waals surface area contributed by atoms with Crippen LogP contribution in [0.1, 0.15) is 36.1 Å². The molecule has 1 atom stereocenters. The monoisotopic (exact) mass is 387 g/mol. The van der Waals surface area contributed by atoms with Crippen molar-refractivity contribution in [3.05, 3.63) is 53.7 Å². The second kappa shape index (κ2) is 9.25. The SMILES string of the molecule is CCNC(=NCc1ccc(C(N)=O)o1)NC1CCCN(c2cccc(F)c2)C1. The zero-order chi connectivity index (χ0) is 19.9. The zero-order valence-corrected chi connectivity index (χ0v) is 16.0. The highest BCUT2D eigenvalue weighted by atomic mass is 19.1. The minimum atomic E-state index is -0.597. The Kier molecular flexibility index (Phi) is 6.52. The van der Waals surface area contributed by atoms with Gasteiger partial charge in [0.25, 0.3) is 5.91 Å². The number of rotatable bonds is 6. The first-order valence-corrected chi connectivity index (χ1v) is 9.49. The molecule has 2 aromatic rings. The minimum Gasteiger partial charge on any atom is -0.454 e. The molecule has 7 nitrogen and oxygen atoms in total. The fraction of sp³-hybridized carbons (Fsp3) is 0.400. The predicted molar refractivity (Wildman–Crippen MR) is 107 cm³/mol. The lowest BCUT2D eigenvalue weighted by atomic mass is 10.0. The van der Waals surface area contributed by atoms with Crippen LogP contribution in [0, 0.1) is 5.82 Å². The van der Waals surface area contributed by atoms with Gasteiger partial charge < -0.3 is 25.7 Å². The van der Waals surface area contributed by atoms with E-state index in [0.29, 0.717) is 18.3 Å². The van der Waals surface area contributed by atoms with Gasteiger partial charge in [-0.2, -0.15) is 0 Å². The van der Waals surface area contributed by atoms with E-state index < -0.39 is 5.91 Å². The molecule has 8 heteroatoms. The first-order chi connectivity index (χ1) is 13.5. The smallest absolute Gasteiger partial charge is 0.284 e. The summed E-state index contributed by atoms with van der Waals surface area (Å²) in [5.74, 6) is 0.541. The lowest BCUT2D eigenvalue weighted by Gasteiger charge is -2.35. The van der Waals surface area contributed by atoms with Crippen LogP contribution in [0.15, 0.2) is 45.8 Å². The van der Waals surface area contributed by atoms with Crippen molar-refractivity contribution in [1.82, 2.24) is 10.6 Å². The van der Waals surface area contributed by atoms with Crippen LogP contribution >= 0.6 is 0 Å². The van der Waals surface area contributed by atoms with E-state index in [1.807, 2.05) is 13.0 Å². The van der Waals surface area contributed by atoms with Crippen molar-refractivity contribution in [2.24, 2.45) is 10.7 Å². The molecule has 1 amide bonds. The molecule has 1 saturated heterocycles. The summed E-state index contributed by atoms with van der Waals surface area (Å²) < 4.78 is 18.9. The average molecular weight is 387 g/mol. The van der Waals surface area contributed by atoms with Crippen LogP contribution in [0.2, 0.25) is 0 Å². The zero-order valence-electron chi connectivity index (χ0n) is 16.0. The van der Waals surface area contributed by atoms with Gasteiger partial charge in [-0.05, 0) is 50.1 Å². The first kappa shape index (κ1) is 19.7. The van der Waals surface area contributed by atoms with E-state index in [-0.39, 0.29) is 17.6 Å². The number of anilines is 1. The Hall–Kier alpha value is -3.03. The molecule has 1 aromatic heterocycles. The first-order valence-electron chi connectivity index (χ1n) is 9.49. The molecule has 1 aliphatic rings. The molecule has 0 radical (unpaired) electrons. The van der Waals surface area contributed by atoms with E-state index in [0.717, 1.165) is 38.2 Å². The lowest BCUT2D eigenvalue weighted by Crippen LogP contribution is -2.51. The van der Waals surface area contributed by atoms with Crippen molar-refractivity contribution < 1.29 is 13.6 Å². The van der Waals surface area contributed by atoms with Crippen molar-refractivity contribution in [3.63, 3.8) is 0 Å². The van der Waals surface area contributed by atoms with Crippen LogP contribution in [0.3, 0.4) is 0 Å². The van der Waals surface area contributed by atoms with Crippen LogP contribution in [0.25, 0.3) is 0 Å². The topological polar surface area (TPSA) is 95.9 Å². The number of piperidine rings is 1. The van der Waals surface area contributed by atoms with Crippen LogP contribution in [0.5, 0.6) is 0 Å². The maximum absolute atomic E-state index is 13.5. The van der Waals surface area contributed by atoms with E-state index in [1.165, 1.54) is 6.07 Å². The number of nitrogens with zero attached hydrogens (tertiary/aromatic N) is 2. The quantitative estimate of drug-likeness (QED) is 0.522. The molecule has 0 aliphatic carbocycles. The van der Waals surface area contributed by atoms with Gasteiger partial charge in [-0.1, -0.05) is 6.07 Å². The number of aliphatic imine (C=N–C) groups is 1. The summed E-state index contributed by atoms with van der Waals surface area (Å²) in [7, 11) is 0. The number of benzene rings is 1. The number of primary amides is 1. The summed E-state index contributed by atoms with van der Waals surface area (Å²) in [4.78, 5) is 17.8. The van der Waals surface area contributed by atoms with E-state index in [2.05, 4.69) is 20.5 Å². The van der Waals surface area contributed by atoms with E-state index >= 15 is 0 Å². The van der Waals surface area contributed by atoms with Gasteiger partial charge in [0.1, 0.15) is 18.1 Å². The van der Waals surface area contributed by atoms with Gasteiger partial charge >= 0.3 is 0 Å². The van der Waals surface area contributed by atoms with Crippen molar-refractivity contribution >= 4 is 17.6 Å². The standard InChI is InChI=1S/C20H26FN5O2/c1-2-23-20(24-12-17-8-9-18(28-17)19(22)27)25-15-6-4-10-26(13-15)16-7-3-5-14(21)11-16/h3,5,7-9,11,15H,2,4,6,10,12-13H2,1H3,(H2,22,27)(H2,23,24,25). The van der Waals surface area contributed by atoms with Crippen LogP contribution in [-0.2, 0) is 6.54 Å². The summed E-state index contributed by atoms with van der Waals surface area (Å²) >= 11 is 0. The molecule has 4 N–H and O–H groups in total. The largest absolute Gasteiger partial charge is 0.454 e. The molecular formula is C20H26FN5O2. The number of furan rings is 1. The van der Waals surface area contributed by atoms with Gasteiger partial charge in [0.05, 0.1) is 0 Å². The highest BCUT2D eigenvalue weighted by Crippen LogP contribution is 2.20. The Bertz CT molecular complexity index is 836. The molecule has 1 aromatic carbocycles. The number of hydrogen-bond donors (Lipinski definition) is 3. The van der Waals surface area contributed by atoms with Gasteiger partial charge in [0.15, 0.2) is 11.7 Å². The summed E-state index contributed by atoms with van der Waals surface area (Å²) in [6, 6.07) is 10.1. The van der Waals surface area contributed by atoms with Gasteiger partial charge in [-0.25, -0.2) is 9.38 Å². The van der Waals surface area contributed by atoms with E-state index in [4.69, 9.17) is 10.2 Å².